The highest BCUT2D eigenvalue weighted by Crippen LogP contribution is 2.39. The molecule has 0 fully saturated rings. The highest BCUT2D eigenvalue weighted by molar-refractivity contribution is 6.10. The summed E-state index contributed by atoms with van der Waals surface area (Å²) in [5.74, 6) is 1.36. The molecule has 0 N–H and O–H groups in total. The standard InChI is InChI=1S/C49H39N7/c1-48(2,3)34-20-23-43-38(26-34)39-27-35(49(4,5)6)21-24-44(39)55(43)40-22-19-32(25-33(40)29-51)46-52-45(31-17-15-30(28-50)16-18-31)53-47(54-46)56-41-13-9-7-11-36(41)37-12-8-10-14-42(37)56/h7-27H,1-6H3. The van der Waals surface area contributed by atoms with Crippen LogP contribution in [0, 0.1) is 22.7 Å². The van der Waals surface area contributed by atoms with Gasteiger partial charge >= 0.3 is 0 Å². The van der Waals surface area contributed by atoms with Crippen LogP contribution in [-0.4, -0.2) is 24.1 Å². The molecule has 0 saturated heterocycles. The predicted molar refractivity (Wildman–Crippen MR) is 226 cm³/mol. The molecular formula is C49H39N7. The van der Waals surface area contributed by atoms with Crippen LogP contribution in [0.1, 0.15) is 63.8 Å². The van der Waals surface area contributed by atoms with Crippen molar-refractivity contribution in [3.63, 3.8) is 0 Å². The van der Waals surface area contributed by atoms with Crippen LogP contribution in [0.3, 0.4) is 0 Å². The topological polar surface area (TPSA) is 96.1 Å². The molecule has 9 rings (SSSR count). The van der Waals surface area contributed by atoms with E-state index in [1.165, 1.54) is 11.1 Å². The second-order valence-corrected chi connectivity index (χ2v) is 16.5. The van der Waals surface area contributed by atoms with Crippen molar-refractivity contribution < 1.29 is 0 Å². The number of hydrogen-bond acceptors (Lipinski definition) is 5. The molecule has 0 spiro atoms. The molecule has 270 valence electrons. The summed E-state index contributed by atoms with van der Waals surface area (Å²) in [6, 6.07) is 47.7. The SMILES string of the molecule is CC(C)(C)c1ccc2c(c1)c1cc(C(C)(C)C)ccc1n2-c1ccc(-c2nc(-c3ccc(C#N)cc3)nc(-n3c4ccccc4c4ccccc43)n2)cc1C#N. The number of fused-ring (bicyclic) bond motifs is 6. The number of rotatable bonds is 4. The fraction of sp³-hybridized carbons (Fsp3) is 0.163. The summed E-state index contributed by atoms with van der Waals surface area (Å²) in [5.41, 5.74) is 9.77. The van der Waals surface area contributed by atoms with Crippen LogP contribution >= 0.6 is 0 Å². The van der Waals surface area contributed by atoms with Crippen LogP contribution in [0.15, 0.2) is 127 Å². The van der Waals surface area contributed by atoms with E-state index in [0.717, 1.165) is 54.9 Å². The maximum absolute atomic E-state index is 10.8. The van der Waals surface area contributed by atoms with E-state index in [4.69, 9.17) is 15.0 Å². The Balaban J connectivity index is 1.27. The Morgan fingerprint density at radius 3 is 1.48 bits per heavy atom. The molecule has 0 aliphatic heterocycles. The molecule has 3 heterocycles. The molecule has 6 aromatic carbocycles. The van der Waals surface area contributed by atoms with Gasteiger partial charge in [-0.25, -0.2) is 4.98 Å². The van der Waals surface area contributed by atoms with E-state index in [-0.39, 0.29) is 10.8 Å². The van der Waals surface area contributed by atoms with Crippen molar-refractivity contribution in [1.29, 1.82) is 10.5 Å². The van der Waals surface area contributed by atoms with Crippen molar-refractivity contribution in [2.45, 2.75) is 52.4 Å². The highest BCUT2D eigenvalue weighted by Gasteiger charge is 2.23. The van der Waals surface area contributed by atoms with E-state index in [1.807, 2.05) is 54.6 Å². The maximum Gasteiger partial charge on any atom is 0.238 e. The molecular weight excluding hydrogens is 687 g/mol. The zero-order valence-electron chi connectivity index (χ0n) is 32.3. The minimum atomic E-state index is -0.0249. The average molecular weight is 726 g/mol. The van der Waals surface area contributed by atoms with Gasteiger partial charge in [-0.05, 0) is 101 Å². The average Bonchev–Trinajstić information content (AvgIpc) is 3.72. The van der Waals surface area contributed by atoms with Gasteiger partial charge in [-0.2, -0.15) is 20.5 Å². The summed E-state index contributed by atoms with van der Waals surface area (Å²) in [7, 11) is 0. The van der Waals surface area contributed by atoms with Gasteiger partial charge in [-0.3, -0.25) is 4.57 Å². The molecule has 0 radical (unpaired) electrons. The van der Waals surface area contributed by atoms with Crippen LogP contribution in [-0.2, 0) is 10.8 Å². The van der Waals surface area contributed by atoms with Gasteiger partial charge in [0.15, 0.2) is 11.6 Å². The van der Waals surface area contributed by atoms with Crippen molar-refractivity contribution in [3.05, 3.63) is 150 Å². The monoisotopic (exact) mass is 725 g/mol. The number of hydrogen-bond donors (Lipinski definition) is 0. The molecule has 0 aliphatic rings. The Morgan fingerprint density at radius 2 is 0.964 bits per heavy atom. The lowest BCUT2D eigenvalue weighted by atomic mass is 9.85. The first-order valence-electron chi connectivity index (χ1n) is 18.8. The van der Waals surface area contributed by atoms with Crippen LogP contribution in [0.5, 0.6) is 0 Å². The minimum absolute atomic E-state index is 0.0249. The van der Waals surface area contributed by atoms with Gasteiger partial charge in [0.05, 0.1) is 45.0 Å². The summed E-state index contributed by atoms with van der Waals surface area (Å²) >= 11 is 0. The van der Waals surface area contributed by atoms with Gasteiger partial charge in [-0.1, -0.05) is 90.1 Å². The molecule has 3 aromatic heterocycles. The molecule has 0 aliphatic carbocycles. The van der Waals surface area contributed by atoms with Gasteiger partial charge in [0.25, 0.3) is 0 Å². The lowest BCUT2D eigenvalue weighted by Crippen LogP contribution is -2.10. The maximum atomic E-state index is 10.8. The Bertz CT molecular complexity index is 2990. The van der Waals surface area contributed by atoms with E-state index in [2.05, 4.69) is 123 Å². The van der Waals surface area contributed by atoms with Crippen molar-refractivity contribution in [1.82, 2.24) is 24.1 Å². The quantitative estimate of drug-likeness (QED) is 0.180. The van der Waals surface area contributed by atoms with Crippen LogP contribution in [0.25, 0.3) is 78.0 Å². The first-order valence-corrected chi connectivity index (χ1v) is 18.8. The molecule has 9 aromatic rings. The Kier molecular flexibility index (Phi) is 7.90. The van der Waals surface area contributed by atoms with E-state index >= 15 is 0 Å². The lowest BCUT2D eigenvalue weighted by molar-refractivity contribution is 0.590. The van der Waals surface area contributed by atoms with Gasteiger partial charge in [0, 0.05) is 32.7 Å². The Labute approximate surface area is 325 Å². The number of nitrogens with zero attached hydrogens (tertiary/aromatic N) is 7. The van der Waals surface area contributed by atoms with Crippen molar-refractivity contribution in [3.8, 4) is 46.5 Å². The van der Waals surface area contributed by atoms with E-state index < -0.39 is 0 Å². The lowest BCUT2D eigenvalue weighted by Gasteiger charge is -2.19. The number of aromatic nitrogens is 5. The zero-order valence-corrected chi connectivity index (χ0v) is 32.3. The summed E-state index contributed by atoms with van der Waals surface area (Å²) in [6.07, 6.45) is 0. The van der Waals surface area contributed by atoms with Crippen molar-refractivity contribution in [2.24, 2.45) is 0 Å². The van der Waals surface area contributed by atoms with Crippen LogP contribution in [0.4, 0.5) is 0 Å². The second-order valence-electron chi connectivity index (χ2n) is 16.5. The molecule has 0 bridgehead atoms. The summed E-state index contributed by atoms with van der Waals surface area (Å²) in [5, 5.41) is 24.8. The molecule has 7 heteroatoms. The van der Waals surface area contributed by atoms with E-state index in [1.54, 1.807) is 12.1 Å². The molecule has 7 nitrogen and oxygen atoms in total. The summed E-state index contributed by atoms with van der Waals surface area (Å²) in [6.45, 7) is 13.4. The van der Waals surface area contributed by atoms with E-state index in [0.29, 0.717) is 34.3 Å². The third kappa shape index (κ3) is 5.68. The van der Waals surface area contributed by atoms with Gasteiger partial charge < -0.3 is 4.57 Å². The van der Waals surface area contributed by atoms with Gasteiger partial charge in [-0.15, -0.1) is 0 Å². The van der Waals surface area contributed by atoms with Gasteiger partial charge in [0.1, 0.15) is 6.07 Å². The fourth-order valence-corrected chi connectivity index (χ4v) is 7.73. The minimum Gasteiger partial charge on any atom is -0.308 e. The third-order valence-corrected chi connectivity index (χ3v) is 10.8. The van der Waals surface area contributed by atoms with Crippen molar-refractivity contribution >= 4 is 43.6 Å². The number of benzene rings is 6. The predicted octanol–water partition coefficient (Wildman–Crippen LogP) is 11.7. The number of para-hydroxylation sites is 2. The summed E-state index contributed by atoms with van der Waals surface area (Å²) in [4.78, 5) is 15.1. The number of nitriles is 2. The molecule has 0 unspecified atom stereocenters. The van der Waals surface area contributed by atoms with E-state index in [9.17, 15) is 10.5 Å². The van der Waals surface area contributed by atoms with Crippen molar-refractivity contribution in [2.75, 3.05) is 0 Å². The van der Waals surface area contributed by atoms with Crippen LogP contribution in [0.2, 0.25) is 0 Å². The largest absolute Gasteiger partial charge is 0.308 e. The van der Waals surface area contributed by atoms with Crippen LogP contribution < -0.4 is 0 Å². The first kappa shape index (κ1) is 34.7. The van der Waals surface area contributed by atoms with Gasteiger partial charge in [0.2, 0.25) is 5.95 Å². The molecule has 0 atom stereocenters. The summed E-state index contributed by atoms with van der Waals surface area (Å²) < 4.78 is 4.28. The molecule has 0 saturated carbocycles. The normalized spacial score (nSPS) is 12.1. The highest BCUT2D eigenvalue weighted by atomic mass is 15.2. The fourth-order valence-electron chi connectivity index (χ4n) is 7.73. The molecule has 56 heavy (non-hydrogen) atoms. The second kappa shape index (κ2) is 12.8. The zero-order chi connectivity index (χ0) is 38.9. The molecule has 0 amide bonds. The Morgan fingerprint density at radius 1 is 0.464 bits per heavy atom. The first-order chi connectivity index (χ1) is 26.9. The third-order valence-electron chi connectivity index (χ3n) is 10.8. The smallest absolute Gasteiger partial charge is 0.238 e. The Hall–Kier alpha value is -7.09.